The monoisotopic (exact) mass is 248 g/mol. The maximum atomic E-state index is 12.1. The summed E-state index contributed by atoms with van der Waals surface area (Å²) in [6.45, 7) is 0.419. The lowest BCUT2D eigenvalue weighted by Crippen LogP contribution is -2.47. The van der Waals surface area contributed by atoms with Crippen molar-refractivity contribution in [1.29, 1.82) is 0 Å². The molecule has 1 saturated carbocycles. The highest BCUT2D eigenvalue weighted by Gasteiger charge is 2.42. The summed E-state index contributed by atoms with van der Waals surface area (Å²) in [6, 6.07) is 3.74. The van der Waals surface area contributed by atoms with Gasteiger partial charge in [-0.25, -0.2) is 4.98 Å². The SMILES string of the molecule is CN(C)c1ccc(NC(=O)C2(CN)CCC2)cn1. The van der Waals surface area contributed by atoms with E-state index < -0.39 is 0 Å². The lowest BCUT2D eigenvalue weighted by molar-refractivity contribution is -0.129. The van der Waals surface area contributed by atoms with Crippen molar-refractivity contribution in [2.75, 3.05) is 30.9 Å². The maximum absolute atomic E-state index is 12.1. The van der Waals surface area contributed by atoms with Crippen LogP contribution in [0, 0.1) is 5.41 Å². The number of nitrogens with one attached hydrogen (secondary N) is 1. The third-order valence-electron chi connectivity index (χ3n) is 3.65. The van der Waals surface area contributed by atoms with Crippen molar-refractivity contribution >= 4 is 17.4 Å². The number of anilines is 2. The van der Waals surface area contributed by atoms with Crippen molar-refractivity contribution in [3.8, 4) is 0 Å². The van der Waals surface area contributed by atoms with Crippen molar-refractivity contribution in [1.82, 2.24) is 4.98 Å². The van der Waals surface area contributed by atoms with Crippen molar-refractivity contribution in [2.24, 2.45) is 11.1 Å². The van der Waals surface area contributed by atoms with Crippen LogP contribution in [-0.4, -0.2) is 31.5 Å². The predicted molar refractivity (Wildman–Crippen MR) is 72.5 cm³/mol. The minimum atomic E-state index is -0.347. The number of hydrogen-bond donors (Lipinski definition) is 2. The van der Waals surface area contributed by atoms with E-state index in [2.05, 4.69) is 10.3 Å². The summed E-state index contributed by atoms with van der Waals surface area (Å²) in [6.07, 6.45) is 4.54. The van der Waals surface area contributed by atoms with Gasteiger partial charge in [0.25, 0.3) is 0 Å². The molecule has 0 bridgehead atoms. The van der Waals surface area contributed by atoms with E-state index in [9.17, 15) is 4.79 Å². The van der Waals surface area contributed by atoms with E-state index in [1.807, 2.05) is 31.1 Å². The lowest BCUT2D eigenvalue weighted by atomic mass is 9.68. The number of nitrogens with two attached hydrogens (primary N) is 1. The average Bonchev–Trinajstić information content (AvgIpc) is 2.29. The number of nitrogens with zero attached hydrogens (tertiary/aromatic N) is 2. The number of aromatic nitrogens is 1. The van der Waals surface area contributed by atoms with Crippen molar-refractivity contribution < 1.29 is 4.79 Å². The highest BCUT2D eigenvalue weighted by molar-refractivity contribution is 5.96. The van der Waals surface area contributed by atoms with Gasteiger partial charge < -0.3 is 16.0 Å². The number of hydrogen-bond acceptors (Lipinski definition) is 4. The largest absolute Gasteiger partial charge is 0.363 e. The van der Waals surface area contributed by atoms with Gasteiger partial charge in [-0.15, -0.1) is 0 Å². The van der Waals surface area contributed by atoms with Crippen LogP contribution in [0.25, 0.3) is 0 Å². The molecular formula is C13H20N4O. The second-order valence-corrected chi connectivity index (χ2v) is 5.09. The van der Waals surface area contributed by atoms with Gasteiger partial charge in [0.05, 0.1) is 17.3 Å². The molecule has 0 aliphatic heterocycles. The highest BCUT2D eigenvalue weighted by atomic mass is 16.2. The number of rotatable bonds is 4. The first kappa shape index (κ1) is 12.8. The second-order valence-electron chi connectivity index (χ2n) is 5.09. The van der Waals surface area contributed by atoms with E-state index in [-0.39, 0.29) is 11.3 Å². The summed E-state index contributed by atoms with van der Waals surface area (Å²) < 4.78 is 0. The molecule has 3 N–H and O–H groups in total. The second kappa shape index (κ2) is 4.94. The van der Waals surface area contributed by atoms with Crippen LogP contribution >= 0.6 is 0 Å². The molecule has 5 heteroatoms. The maximum Gasteiger partial charge on any atom is 0.231 e. The molecule has 0 spiro atoms. The zero-order valence-electron chi connectivity index (χ0n) is 10.9. The minimum absolute atomic E-state index is 0.0238. The van der Waals surface area contributed by atoms with Crippen LogP contribution < -0.4 is 16.0 Å². The number of amides is 1. The van der Waals surface area contributed by atoms with E-state index in [0.717, 1.165) is 30.8 Å². The highest BCUT2D eigenvalue weighted by Crippen LogP contribution is 2.40. The van der Waals surface area contributed by atoms with Crippen LogP contribution in [0.3, 0.4) is 0 Å². The Morgan fingerprint density at radius 1 is 1.50 bits per heavy atom. The molecule has 1 aromatic rings. The van der Waals surface area contributed by atoms with E-state index in [4.69, 9.17) is 5.73 Å². The van der Waals surface area contributed by atoms with Crippen LogP contribution in [-0.2, 0) is 4.79 Å². The summed E-state index contributed by atoms with van der Waals surface area (Å²) in [5.74, 6) is 0.890. The van der Waals surface area contributed by atoms with Gasteiger partial charge in [0.15, 0.2) is 0 Å². The van der Waals surface area contributed by atoms with Crippen LogP contribution in [0.4, 0.5) is 11.5 Å². The Morgan fingerprint density at radius 3 is 2.61 bits per heavy atom. The van der Waals surface area contributed by atoms with Gasteiger partial charge in [-0.1, -0.05) is 6.42 Å². The number of carbonyl (C=O) groups is 1. The quantitative estimate of drug-likeness (QED) is 0.840. The van der Waals surface area contributed by atoms with E-state index in [0.29, 0.717) is 6.54 Å². The van der Waals surface area contributed by atoms with Crippen LogP contribution in [0.2, 0.25) is 0 Å². The Balaban J connectivity index is 2.03. The van der Waals surface area contributed by atoms with Crippen LogP contribution in [0.1, 0.15) is 19.3 Å². The molecule has 0 aromatic carbocycles. The first-order valence-electron chi connectivity index (χ1n) is 6.22. The Morgan fingerprint density at radius 2 is 2.22 bits per heavy atom. The zero-order valence-corrected chi connectivity index (χ0v) is 10.9. The summed E-state index contributed by atoms with van der Waals surface area (Å²) in [4.78, 5) is 18.3. The van der Waals surface area contributed by atoms with E-state index >= 15 is 0 Å². The molecular weight excluding hydrogens is 228 g/mol. The Labute approximate surface area is 107 Å². The van der Waals surface area contributed by atoms with Gasteiger partial charge in [0.2, 0.25) is 5.91 Å². The van der Waals surface area contributed by atoms with Gasteiger partial charge in [0, 0.05) is 20.6 Å². The fraction of sp³-hybridized carbons (Fsp3) is 0.538. The molecule has 0 saturated heterocycles. The predicted octanol–water partition coefficient (Wildman–Crippen LogP) is 1.22. The summed E-state index contributed by atoms with van der Waals surface area (Å²) in [7, 11) is 3.86. The van der Waals surface area contributed by atoms with Gasteiger partial charge in [0.1, 0.15) is 5.82 Å². The third-order valence-corrected chi connectivity index (χ3v) is 3.65. The summed E-state index contributed by atoms with van der Waals surface area (Å²) in [5.41, 5.74) is 6.08. The van der Waals surface area contributed by atoms with Gasteiger partial charge >= 0.3 is 0 Å². The van der Waals surface area contributed by atoms with Crippen LogP contribution in [0.15, 0.2) is 18.3 Å². The standard InChI is InChI=1S/C13H20N4O/c1-17(2)11-5-4-10(8-15-11)16-12(18)13(9-14)6-3-7-13/h4-5,8H,3,6-7,9,14H2,1-2H3,(H,16,18). The van der Waals surface area contributed by atoms with E-state index in [1.165, 1.54) is 0 Å². The molecule has 0 unspecified atom stereocenters. The number of pyridine rings is 1. The third kappa shape index (κ3) is 2.31. The molecule has 5 nitrogen and oxygen atoms in total. The molecule has 98 valence electrons. The van der Waals surface area contributed by atoms with Gasteiger partial charge in [-0.3, -0.25) is 4.79 Å². The number of carbonyl (C=O) groups excluding carboxylic acids is 1. The van der Waals surface area contributed by atoms with Crippen molar-refractivity contribution in [3.63, 3.8) is 0 Å². The van der Waals surface area contributed by atoms with Crippen LogP contribution in [0.5, 0.6) is 0 Å². The summed E-state index contributed by atoms with van der Waals surface area (Å²) >= 11 is 0. The Bertz CT molecular complexity index is 418. The smallest absolute Gasteiger partial charge is 0.231 e. The molecule has 0 atom stereocenters. The minimum Gasteiger partial charge on any atom is -0.363 e. The normalized spacial score (nSPS) is 16.8. The fourth-order valence-corrected chi connectivity index (χ4v) is 2.12. The molecule has 1 fully saturated rings. The molecule has 1 aliphatic rings. The molecule has 1 aromatic heterocycles. The zero-order chi connectivity index (χ0) is 13.2. The van der Waals surface area contributed by atoms with Crippen molar-refractivity contribution in [3.05, 3.63) is 18.3 Å². The average molecular weight is 248 g/mol. The lowest BCUT2D eigenvalue weighted by Gasteiger charge is -2.39. The van der Waals surface area contributed by atoms with Crippen molar-refractivity contribution in [2.45, 2.75) is 19.3 Å². The fourth-order valence-electron chi connectivity index (χ4n) is 2.12. The Hall–Kier alpha value is -1.62. The van der Waals surface area contributed by atoms with E-state index in [1.54, 1.807) is 6.20 Å². The Kier molecular flexibility index (Phi) is 3.52. The first-order chi connectivity index (χ1) is 8.57. The summed E-state index contributed by atoms with van der Waals surface area (Å²) in [5, 5.41) is 2.90. The molecule has 18 heavy (non-hydrogen) atoms. The van der Waals surface area contributed by atoms with Gasteiger partial charge in [-0.2, -0.15) is 0 Å². The van der Waals surface area contributed by atoms with Gasteiger partial charge in [-0.05, 0) is 25.0 Å². The first-order valence-corrected chi connectivity index (χ1v) is 6.22. The topological polar surface area (TPSA) is 71.2 Å². The molecule has 1 amide bonds. The molecule has 2 rings (SSSR count). The molecule has 1 aliphatic carbocycles. The molecule has 0 radical (unpaired) electrons. The molecule has 1 heterocycles.